The van der Waals surface area contributed by atoms with Crippen LogP contribution in [0.2, 0.25) is 0 Å². The minimum Gasteiger partial charge on any atom is -0.493 e. The fourth-order valence-corrected chi connectivity index (χ4v) is 2.97. The zero-order valence-electron chi connectivity index (χ0n) is 16.1. The van der Waals surface area contributed by atoms with Gasteiger partial charge >= 0.3 is 0 Å². The number of aryl methyl sites for hydroxylation is 1. The molecule has 4 aromatic rings. The van der Waals surface area contributed by atoms with Crippen LogP contribution in [0.5, 0.6) is 11.5 Å². The van der Waals surface area contributed by atoms with Gasteiger partial charge in [-0.3, -0.25) is 0 Å². The molecular formula is C21H20FN5O2. The van der Waals surface area contributed by atoms with E-state index in [1.165, 1.54) is 12.4 Å². The highest BCUT2D eigenvalue weighted by Gasteiger charge is 2.13. The largest absolute Gasteiger partial charge is 0.493 e. The van der Waals surface area contributed by atoms with Crippen LogP contribution in [0, 0.1) is 12.7 Å². The van der Waals surface area contributed by atoms with Crippen molar-refractivity contribution < 1.29 is 13.9 Å². The first-order valence-electron chi connectivity index (χ1n) is 9.08. The summed E-state index contributed by atoms with van der Waals surface area (Å²) in [5.41, 5.74) is 1.85. The van der Waals surface area contributed by atoms with E-state index in [-0.39, 0.29) is 5.82 Å². The van der Waals surface area contributed by atoms with Crippen molar-refractivity contribution in [3.8, 4) is 11.5 Å². The summed E-state index contributed by atoms with van der Waals surface area (Å²) >= 11 is 0. The number of benzene rings is 2. The molecule has 0 amide bonds. The third-order valence-corrected chi connectivity index (χ3v) is 4.46. The first-order valence-corrected chi connectivity index (χ1v) is 9.08. The first-order chi connectivity index (χ1) is 14.1. The number of rotatable bonds is 7. The lowest BCUT2D eigenvalue weighted by molar-refractivity contribution is 0.280. The molecule has 0 aliphatic rings. The minimum atomic E-state index is -0.344. The second-order valence-electron chi connectivity index (χ2n) is 6.50. The van der Waals surface area contributed by atoms with Gasteiger partial charge in [-0.1, -0.05) is 6.07 Å². The van der Waals surface area contributed by atoms with Gasteiger partial charge in [-0.15, -0.1) is 0 Å². The Morgan fingerprint density at radius 1 is 1.14 bits per heavy atom. The summed E-state index contributed by atoms with van der Waals surface area (Å²) in [6, 6.07) is 8.57. The summed E-state index contributed by atoms with van der Waals surface area (Å²) in [5.74, 6) is 1.26. The van der Waals surface area contributed by atoms with E-state index in [2.05, 4.69) is 20.3 Å². The maximum atomic E-state index is 14.2. The predicted octanol–water partition coefficient (Wildman–Crippen LogP) is 4.11. The maximum absolute atomic E-state index is 14.2. The molecule has 0 fully saturated rings. The molecule has 29 heavy (non-hydrogen) atoms. The van der Waals surface area contributed by atoms with Crippen LogP contribution in [0.4, 0.5) is 15.9 Å². The van der Waals surface area contributed by atoms with E-state index in [1.54, 1.807) is 37.8 Å². The number of nitrogens with one attached hydrogen (secondary N) is 1. The molecule has 4 rings (SSSR count). The molecule has 0 bridgehead atoms. The Morgan fingerprint density at radius 3 is 2.79 bits per heavy atom. The Hall–Kier alpha value is -3.68. The van der Waals surface area contributed by atoms with Crippen LogP contribution >= 0.6 is 0 Å². The Kier molecular flexibility index (Phi) is 5.24. The van der Waals surface area contributed by atoms with Gasteiger partial charge in [0.2, 0.25) is 0 Å². The van der Waals surface area contributed by atoms with Crippen LogP contribution in [-0.2, 0) is 6.54 Å². The lowest BCUT2D eigenvalue weighted by Crippen LogP contribution is -2.07. The molecular weight excluding hydrogens is 373 g/mol. The van der Waals surface area contributed by atoms with E-state index in [9.17, 15) is 4.39 Å². The number of anilines is 2. The van der Waals surface area contributed by atoms with Crippen molar-refractivity contribution in [3.63, 3.8) is 0 Å². The number of ether oxygens (including phenoxy) is 2. The van der Waals surface area contributed by atoms with Crippen LogP contribution < -0.4 is 14.8 Å². The van der Waals surface area contributed by atoms with Crippen LogP contribution in [0.25, 0.3) is 10.9 Å². The van der Waals surface area contributed by atoms with Gasteiger partial charge in [-0.2, -0.15) is 0 Å². The van der Waals surface area contributed by atoms with E-state index in [0.717, 1.165) is 5.56 Å². The zero-order valence-corrected chi connectivity index (χ0v) is 16.1. The average Bonchev–Trinajstić information content (AvgIpc) is 3.23. The molecule has 0 radical (unpaired) electrons. The molecule has 1 N–H and O–H groups in total. The summed E-state index contributed by atoms with van der Waals surface area (Å²) < 4.78 is 27.5. The normalized spacial score (nSPS) is 10.9. The number of hydrogen-bond acceptors (Lipinski definition) is 6. The van der Waals surface area contributed by atoms with Crippen LogP contribution in [0.15, 0.2) is 55.4 Å². The summed E-state index contributed by atoms with van der Waals surface area (Å²) in [4.78, 5) is 12.6. The first kappa shape index (κ1) is 18.7. The van der Waals surface area contributed by atoms with Gasteiger partial charge in [-0.25, -0.2) is 19.3 Å². The number of halogens is 1. The summed E-state index contributed by atoms with van der Waals surface area (Å²) in [6.45, 7) is 2.94. The monoisotopic (exact) mass is 393 g/mol. The third kappa shape index (κ3) is 4.11. The van der Waals surface area contributed by atoms with Crippen molar-refractivity contribution >= 4 is 22.4 Å². The Bertz CT molecular complexity index is 1130. The SMILES string of the molecule is COc1cc2c(Nc3ccc(C)cc3F)ncnc2cc1OCCn1ccnc1. The third-order valence-electron chi connectivity index (χ3n) is 4.46. The van der Waals surface area contributed by atoms with Gasteiger partial charge in [0.05, 0.1) is 31.2 Å². The van der Waals surface area contributed by atoms with Crippen molar-refractivity contribution in [1.82, 2.24) is 19.5 Å². The van der Waals surface area contributed by atoms with Crippen molar-refractivity contribution in [1.29, 1.82) is 0 Å². The topological polar surface area (TPSA) is 74.1 Å². The van der Waals surface area contributed by atoms with E-state index in [0.29, 0.717) is 47.1 Å². The average molecular weight is 393 g/mol. The lowest BCUT2D eigenvalue weighted by atomic mass is 10.2. The fourth-order valence-electron chi connectivity index (χ4n) is 2.97. The summed E-state index contributed by atoms with van der Waals surface area (Å²) in [6.07, 6.45) is 6.75. The second kappa shape index (κ2) is 8.14. The van der Waals surface area contributed by atoms with Crippen molar-refractivity contribution in [2.24, 2.45) is 0 Å². The van der Waals surface area contributed by atoms with Crippen molar-refractivity contribution in [2.75, 3.05) is 19.0 Å². The molecule has 148 valence electrons. The molecule has 2 aromatic heterocycles. The molecule has 0 saturated carbocycles. The molecule has 8 heteroatoms. The molecule has 0 saturated heterocycles. The van der Waals surface area contributed by atoms with Gasteiger partial charge in [0.25, 0.3) is 0 Å². The summed E-state index contributed by atoms with van der Waals surface area (Å²) in [5, 5.41) is 3.74. The lowest BCUT2D eigenvalue weighted by Gasteiger charge is -2.14. The highest BCUT2D eigenvalue weighted by atomic mass is 19.1. The summed E-state index contributed by atoms with van der Waals surface area (Å²) in [7, 11) is 1.57. The van der Waals surface area contributed by atoms with Crippen LogP contribution in [-0.4, -0.2) is 33.2 Å². The number of imidazole rings is 1. The van der Waals surface area contributed by atoms with Crippen LogP contribution in [0.3, 0.4) is 0 Å². The van der Waals surface area contributed by atoms with Gasteiger partial charge in [0, 0.05) is 23.8 Å². The highest BCUT2D eigenvalue weighted by Crippen LogP contribution is 2.35. The molecule has 0 aliphatic carbocycles. The molecule has 0 atom stereocenters. The number of hydrogen-bond donors (Lipinski definition) is 1. The van der Waals surface area contributed by atoms with Crippen LogP contribution in [0.1, 0.15) is 5.56 Å². The Balaban J connectivity index is 1.62. The Morgan fingerprint density at radius 2 is 2.03 bits per heavy atom. The predicted molar refractivity (Wildman–Crippen MR) is 108 cm³/mol. The highest BCUT2D eigenvalue weighted by molar-refractivity contribution is 5.93. The smallest absolute Gasteiger partial charge is 0.163 e. The number of methoxy groups -OCH3 is 1. The standard InChI is InChI=1S/C21H20FN5O2/c1-14-3-4-17(16(22)9-14)26-21-15-10-19(28-2)20(11-18(15)24-12-25-21)29-8-7-27-6-5-23-13-27/h3-6,9-13H,7-8H2,1-2H3,(H,24,25,26). The van der Waals surface area contributed by atoms with E-state index in [4.69, 9.17) is 9.47 Å². The van der Waals surface area contributed by atoms with Crippen molar-refractivity contribution in [2.45, 2.75) is 13.5 Å². The minimum absolute atomic E-state index is 0.343. The van der Waals surface area contributed by atoms with Gasteiger partial charge < -0.3 is 19.4 Å². The number of fused-ring (bicyclic) bond motifs is 1. The molecule has 2 aromatic carbocycles. The number of aromatic nitrogens is 4. The van der Waals surface area contributed by atoms with Crippen molar-refractivity contribution in [3.05, 3.63) is 66.8 Å². The second-order valence-corrected chi connectivity index (χ2v) is 6.50. The van der Waals surface area contributed by atoms with E-state index < -0.39 is 0 Å². The van der Waals surface area contributed by atoms with Gasteiger partial charge in [-0.05, 0) is 30.7 Å². The fraction of sp³-hybridized carbons (Fsp3) is 0.190. The zero-order chi connectivity index (χ0) is 20.2. The Labute approximate surface area is 167 Å². The van der Waals surface area contributed by atoms with Gasteiger partial charge in [0.15, 0.2) is 11.5 Å². The van der Waals surface area contributed by atoms with E-state index >= 15 is 0 Å². The molecule has 0 spiro atoms. The number of nitrogens with zero attached hydrogens (tertiary/aromatic N) is 4. The molecule has 2 heterocycles. The van der Waals surface area contributed by atoms with E-state index in [1.807, 2.05) is 23.8 Å². The molecule has 7 nitrogen and oxygen atoms in total. The quantitative estimate of drug-likeness (QED) is 0.509. The van der Waals surface area contributed by atoms with Gasteiger partial charge in [0.1, 0.15) is 24.6 Å². The maximum Gasteiger partial charge on any atom is 0.163 e. The molecule has 0 unspecified atom stereocenters. The molecule has 0 aliphatic heterocycles.